The first kappa shape index (κ1) is 74.8. The predicted molar refractivity (Wildman–Crippen MR) is 361 cm³/mol. The SMILES string of the molecule is COc1ccc(OC(=O)Cl)cc1.COc1ccc(OC(=O)N(CCC2CCCC(OCc3nc(-c4cccc(C)c4)oc3C)C2)[C@H](C(=O)OC(C)(C)C)C(C)C)cc1.Cc1cccc(-c2nc(COC3CCCC(CCN[C@H](C(=O)OC(C)(C)C)C(C)C)C3)c(C)o2)c1. The maximum Gasteiger partial charge on any atom is 0.415 e. The largest absolute Gasteiger partial charge is 0.497 e. The van der Waals surface area contributed by atoms with Crippen LogP contribution >= 0.6 is 11.6 Å². The van der Waals surface area contributed by atoms with Gasteiger partial charge in [-0.05, 0) is 211 Å². The molecule has 2 aromatic heterocycles. The number of amides is 1. The standard InChI is InChI=1S/C37H50N2O7.C29H44N2O4.C8H7ClO3/c1-24(2)33(35(40)46-37(5,6)7)39(36(41)45-30-17-15-29(42-8)16-18-30)20-19-27-12-10-14-31(22-27)43-23-32-26(4)44-34(38-32)28-13-9-11-25(3)21-28;1-19(2)26(28(32)35-29(5,6)7)30-15-14-22-11-9-13-24(17-22)33-18-25-21(4)34-27(31-25)23-12-8-10-20(3)16-23;1-11-6-2-4-7(5-3-6)12-8(9)10/h9,11,13,15-18,21,24,27,31,33H,10,12,14,19-20,22-23H2,1-8H3;8,10,12,16,19,22,24,26,30H,9,11,13-15,17-18H2,1-7H3;2-5H,1H3/t27?,31?,33-;22?,24?,26-;/m00./s1. The van der Waals surface area contributed by atoms with Crippen LogP contribution in [0.1, 0.15) is 167 Å². The molecular weight excluding hydrogens is 1200 g/mol. The number of aromatic nitrogens is 2. The number of carbonyl (C=O) groups excluding carboxylic acids is 4. The minimum absolute atomic E-state index is 0.0729. The lowest BCUT2D eigenvalue weighted by Gasteiger charge is -2.36. The molecule has 0 saturated heterocycles. The molecule has 8 rings (SSSR count). The topological polar surface area (TPSA) is 209 Å². The van der Waals surface area contributed by atoms with E-state index in [0.717, 1.165) is 91.1 Å². The first-order chi connectivity index (χ1) is 44.1. The van der Waals surface area contributed by atoms with Gasteiger partial charge in [0.15, 0.2) is 0 Å². The van der Waals surface area contributed by atoms with Gasteiger partial charge in [0.05, 0.1) is 39.6 Å². The second-order valence-electron chi connectivity index (χ2n) is 27.0. The van der Waals surface area contributed by atoms with Crippen LogP contribution < -0.4 is 24.3 Å². The van der Waals surface area contributed by atoms with E-state index in [0.29, 0.717) is 72.8 Å². The molecular formula is C74H101ClN4O14. The van der Waals surface area contributed by atoms with Crippen molar-refractivity contribution in [3.05, 3.63) is 131 Å². The number of ether oxygens (including phenoxy) is 8. The highest BCUT2D eigenvalue weighted by Gasteiger charge is 2.38. The van der Waals surface area contributed by atoms with Crippen LogP contribution in [0.25, 0.3) is 22.9 Å². The van der Waals surface area contributed by atoms with Gasteiger partial charge in [0.2, 0.25) is 11.8 Å². The van der Waals surface area contributed by atoms with Crippen molar-refractivity contribution in [2.75, 3.05) is 27.3 Å². The van der Waals surface area contributed by atoms with Gasteiger partial charge in [-0.1, -0.05) is 88.8 Å². The molecule has 6 atom stereocenters. The monoisotopic (exact) mass is 1300 g/mol. The number of hydrogen-bond acceptors (Lipinski definition) is 17. The van der Waals surface area contributed by atoms with Crippen LogP contribution in [0.2, 0.25) is 0 Å². The lowest BCUT2D eigenvalue weighted by Crippen LogP contribution is -2.51. The summed E-state index contributed by atoms with van der Waals surface area (Å²) in [6, 6.07) is 28.6. The Labute approximate surface area is 556 Å². The van der Waals surface area contributed by atoms with Gasteiger partial charge in [0.1, 0.15) is 69.2 Å². The van der Waals surface area contributed by atoms with Crippen LogP contribution in [-0.4, -0.2) is 101 Å². The Morgan fingerprint density at radius 3 is 1.45 bits per heavy atom. The van der Waals surface area contributed by atoms with Crippen LogP contribution in [0, 0.1) is 51.4 Å². The number of nitrogens with zero attached hydrogens (tertiary/aromatic N) is 3. The lowest BCUT2D eigenvalue weighted by atomic mass is 9.84. The van der Waals surface area contributed by atoms with Crippen LogP contribution in [0.5, 0.6) is 23.0 Å². The van der Waals surface area contributed by atoms with Crippen molar-refractivity contribution < 1.29 is 65.9 Å². The zero-order valence-corrected chi connectivity index (χ0v) is 58.4. The number of carbonyl (C=O) groups is 4. The summed E-state index contributed by atoms with van der Waals surface area (Å²) in [7, 11) is 3.14. The van der Waals surface area contributed by atoms with Crippen molar-refractivity contribution in [3.8, 4) is 45.9 Å². The Morgan fingerprint density at radius 2 is 1.03 bits per heavy atom. The zero-order valence-electron chi connectivity index (χ0n) is 57.7. The highest BCUT2D eigenvalue weighted by molar-refractivity contribution is 6.61. The molecule has 0 aliphatic heterocycles. The summed E-state index contributed by atoms with van der Waals surface area (Å²) in [5.41, 5.74) is 3.97. The van der Waals surface area contributed by atoms with E-state index in [1.165, 1.54) is 18.4 Å². The quantitative estimate of drug-likeness (QED) is 0.0441. The number of benzene rings is 4. The Kier molecular flexibility index (Phi) is 28.8. The van der Waals surface area contributed by atoms with Crippen molar-refractivity contribution in [2.45, 2.75) is 210 Å². The fourth-order valence-electron chi connectivity index (χ4n) is 11.4. The molecule has 2 heterocycles. The average Bonchev–Trinajstić information content (AvgIpc) is 1.87. The summed E-state index contributed by atoms with van der Waals surface area (Å²) in [4.78, 5) is 60.9. The number of methoxy groups -OCH3 is 2. The third kappa shape index (κ3) is 25.2. The second-order valence-corrected chi connectivity index (χ2v) is 27.3. The summed E-state index contributed by atoms with van der Waals surface area (Å²) in [6.45, 7) is 29.2. The molecule has 1 N–H and O–H groups in total. The fourth-order valence-corrected chi connectivity index (χ4v) is 11.4. The number of esters is 2. The van der Waals surface area contributed by atoms with Crippen LogP contribution in [0.4, 0.5) is 9.59 Å². The molecule has 4 unspecified atom stereocenters. The normalized spacial score (nSPS) is 17.2. The average molecular weight is 1310 g/mol. The number of oxazole rings is 2. The molecule has 508 valence electrons. The smallest absolute Gasteiger partial charge is 0.415 e. The van der Waals surface area contributed by atoms with E-state index in [2.05, 4.69) is 49.0 Å². The molecule has 19 heteroatoms. The first-order valence-electron chi connectivity index (χ1n) is 32.7. The predicted octanol–water partition coefficient (Wildman–Crippen LogP) is 17.1. The van der Waals surface area contributed by atoms with Gasteiger partial charge in [0, 0.05) is 29.3 Å². The van der Waals surface area contributed by atoms with Gasteiger partial charge in [-0.2, -0.15) is 0 Å². The van der Waals surface area contributed by atoms with Gasteiger partial charge in [-0.3, -0.25) is 9.69 Å². The fraction of sp³-hybridized carbons (Fsp3) is 0.541. The Balaban J connectivity index is 0.000000256. The van der Waals surface area contributed by atoms with Gasteiger partial charge in [-0.15, -0.1) is 0 Å². The maximum atomic E-state index is 13.7. The molecule has 18 nitrogen and oxygen atoms in total. The van der Waals surface area contributed by atoms with Crippen molar-refractivity contribution in [1.82, 2.24) is 20.2 Å². The third-order valence-corrected chi connectivity index (χ3v) is 16.2. The van der Waals surface area contributed by atoms with E-state index >= 15 is 0 Å². The molecule has 6 aromatic rings. The van der Waals surface area contributed by atoms with Gasteiger partial charge in [-0.25, -0.2) is 24.4 Å². The number of halogens is 1. The molecule has 1 amide bonds. The molecule has 4 aromatic carbocycles. The molecule has 2 aliphatic rings. The van der Waals surface area contributed by atoms with E-state index in [1.54, 1.807) is 67.7 Å². The van der Waals surface area contributed by atoms with Crippen LogP contribution in [0.3, 0.4) is 0 Å². The minimum Gasteiger partial charge on any atom is -0.497 e. The minimum atomic E-state index is -0.847. The Hall–Kier alpha value is -7.25. The van der Waals surface area contributed by atoms with Crippen molar-refractivity contribution in [3.63, 3.8) is 0 Å². The molecule has 0 spiro atoms. The highest BCUT2D eigenvalue weighted by atomic mass is 35.5. The van der Waals surface area contributed by atoms with Crippen molar-refractivity contribution in [1.29, 1.82) is 0 Å². The third-order valence-electron chi connectivity index (χ3n) is 16.1. The second kappa shape index (κ2) is 35.9. The van der Waals surface area contributed by atoms with Crippen molar-refractivity contribution in [2.24, 2.45) is 23.7 Å². The Bertz CT molecular complexity index is 3290. The number of nitrogens with one attached hydrogen (secondary N) is 1. The number of rotatable bonds is 24. The molecule has 2 saturated carbocycles. The molecule has 0 radical (unpaired) electrons. The molecule has 0 bridgehead atoms. The zero-order chi connectivity index (χ0) is 68.0. The van der Waals surface area contributed by atoms with Crippen LogP contribution in [0.15, 0.2) is 106 Å². The van der Waals surface area contributed by atoms with Gasteiger partial charge >= 0.3 is 23.5 Å². The van der Waals surface area contributed by atoms with E-state index in [1.807, 2.05) is 106 Å². The maximum absolute atomic E-state index is 13.7. The summed E-state index contributed by atoms with van der Waals surface area (Å²) >= 11 is 4.99. The van der Waals surface area contributed by atoms with Crippen LogP contribution in [-0.2, 0) is 41.8 Å². The summed E-state index contributed by atoms with van der Waals surface area (Å²) in [6.07, 6.45) is 9.86. The highest BCUT2D eigenvalue weighted by Crippen LogP contribution is 2.34. The number of aryl methyl sites for hydroxylation is 4. The summed E-state index contributed by atoms with van der Waals surface area (Å²) < 4.78 is 56.4. The van der Waals surface area contributed by atoms with Crippen molar-refractivity contribution >= 4 is 35.1 Å². The van der Waals surface area contributed by atoms with Gasteiger partial charge < -0.3 is 52.0 Å². The summed E-state index contributed by atoms with van der Waals surface area (Å²) in [5, 5.41) is 3.45. The number of hydrogen-bond donors (Lipinski definition) is 1. The molecule has 93 heavy (non-hydrogen) atoms. The lowest BCUT2D eigenvalue weighted by molar-refractivity contribution is -0.162. The molecule has 2 fully saturated rings. The van der Waals surface area contributed by atoms with E-state index in [4.69, 9.17) is 63.6 Å². The summed E-state index contributed by atoms with van der Waals surface area (Å²) in [5.74, 6) is 5.28. The first-order valence-corrected chi connectivity index (χ1v) is 33.1. The Morgan fingerprint density at radius 1 is 0.591 bits per heavy atom. The van der Waals surface area contributed by atoms with E-state index in [-0.39, 0.29) is 36.1 Å². The van der Waals surface area contributed by atoms with Gasteiger partial charge in [0.25, 0.3) is 0 Å². The molecule has 2 aliphatic carbocycles. The van der Waals surface area contributed by atoms with E-state index < -0.39 is 34.7 Å². The van der Waals surface area contributed by atoms with E-state index in [9.17, 15) is 19.2 Å².